The highest BCUT2D eigenvalue weighted by atomic mass is 35.5. The molecular formula is C33H29ClF4N6O3. The van der Waals surface area contributed by atoms with E-state index >= 15 is 0 Å². The molecule has 1 saturated heterocycles. The highest BCUT2D eigenvalue weighted by molar-refractivity contribution is 6.30. The summed E-state index contributed by atoms with van der Waals surface area (Å²) < 4.78 is 66.6. The van der Waals surface area contributed by atoms with Crippen molar-refractivity contribution in [2.45, 2.75) is 63.1 Å². The Kier molecular flexibility index (Phi) is 7.65. The molecule has 0 spiro atoms. The lowest BCUT2D eigenvalue weighted by Crippen LogP contribution is -2.42. The summed E-state index contributed by atoms with van der Waals surface area (Å²) in [7, 11) is 0. The Labute approximate surface area is 272 Å². The fourth-order valence-corrected chi connectivity index (χ4v) is 6.60. The number of halogens is 5. The van der Waals surface area contributed by atoms with Gasteiger partial charge in [-0.05, 0) is 68.1 Å². The van der Waals surface area contributed by atoms with E-state index in [9.17, 15) is 27.9 Å². The Hall–Kier alpha value is -4.25. The van der Waals surface area contributed by atoms with Crippen molar-refractivity contribution in [3.05, 3.63) is 87.7 Å². The number of nitriles is 1. The number of fused-ring (bicyclic) bond motifs is 1. The van der Waals surface area contributed by atoms with Gasteiger partial charge in [0, 0.05) is 48.3 Å². The Balaban J connectivity index is 1.09. The van der Waals surface area contributed by atoms with Crippen molar-refractivity contribution >= 4 is 11.6 Å². The van der Waals surface area contributed by atoms with Gasteiger partial charge >= 0.3 is 6.18 Å². The molecule has 3 atom stereocenters. The molecule has 0 amide bonds. The molecule has 1 unspecified atom stereocenters. The lowest BCUT2D eigenvalue weighted by molar-refractivity contribution is -0.144. The Bertz CT molecular complexity index is 1890. The average Bonchev–Trinajstić information content (AvgIpc) is 3.42. The molecule has 2 fully saturated rings. The van der Waals surface area contributed by atoms with E-state index in [2.05, 4.69) is 26.0 Å². The van der Waals surface area contributed by atoms with E-state index in [0.29, 0.717) is 55.2 Å². The molecule has 1 aliphatic carbocycles. The molecule has 4 aromatic rings. The van der Waals surface area contributed by atoms with E-state index in [0.717, 1.165) is 24.0 Å². The fourth-order valence-electron chi connectivity index (χ4n) is 6.44. The van der Waals surface area contributed by atoms with Crippen LogP contribution in [0.3, 0.4) is 0 Å². The fraction of sp³-hybridized carbons (Fsp3) is 0.394. The van der Waals surface area contributed by atoms with Gasteiger partial charge in [-0.3, -0.25) is 15.0 Å². The maximum absolute atomic E-state index is 14.8. The van der Waals surface area contributed by atoms with Crippen LogP contribution in [0.25, 0.3) is 11.4 Å². The predicted molar refractivity (Wildman–Crippen MR) is 161 cm³/mol. The molecule has 244 valence electrons. The number of alkyl halides is 3. The van der Waals surface area contributed by atoms with Crippen LogP contribution in [0.5, 0.6) is 11.5 Å². The number of nitrogens with one attached hydrogen (secondary N) is 1. The van der Waals surface area contributed by atoms with Crippen LogP contribution < -0.4 is 9.47 Å². The number of piperidine rings is 1. The first kappa shape index (κ1) is 31.4. The molecule has 2 aromatic carbocycles. The molecule has 2 aromatic heterocycles. The Morgan fingerprint density at radius 2 is 2.00 bits per heavy atom. The standard InChI is InChI=1S/C33H29ClF4N6O3/c1-31(23-6-5-20(34)12-24(23)35)46-27-4-2-3-22(28(27)47-31)21-7-10-44(16-26(21)45)15-25-18(13-32(17-39)8-9-32)11-19(14-40-25)29-41-30(43-42-29)33(36,37)38/h2-6,11-12,14,21,26,45H,7-10,13,15-16H2,1H3,(H,41,42,43)/t21?,26-,31+/m1/s1. The largest absolute Gasteiger partial charge is 0.451 e. The SMILES string of the molecule is C[C@]1(c2ccc(Cl)cc2F)Oc2cccc(C3CCN(Cc4ncc(-c5n[nH]c(C(F)(F)F)n5)cc4CC4(C#N)CC4)C[C@H]3O)c2O1. The summed E-state index contributed by atoms with van der Waals surface area (Å²) in [6.07, 6.45) is -1.60. The van der Waals surface area contributed by atoms with Crippen LogP contribution in [0.15, 0.2) is 48.7 Å². The summed E-state index contributed by atoms with van der Waals surface area (Å²) in [5.74, 6) is -2.71. The van der Waals surface area contributed by atoms with Gasteiger partial charge in [0.15, 0.2) is 17.3 Å². The van der Waals surface area contributed by atoms with Crippen LogP contribution in [-0.2, 0) is 24.9 Å². The molecule has 4 heterocycles. The first-order valence-electron chi connectivity index (χ1n) is 15.1. The van der Waals surface area contributed by atoms with Gasteiger partial charge in [0.05, 0.1) is 28.8 Å². The van der Waals surface area contributed by atoms with Crippen molar-refractivity contribution in [1.82, 2.24) is 25.1 Å². The van der Waals surface area contributed by atoms with Crippen molar-refractivity contribution in [2.24, 2.45) is 5.41 Å². The van der Waals surface area contributed by atoms with Gasteiger partial charge in [0.2, 0.25) is 5.82 Å². The van der Waals surface area contributed by atoms with E-state index < -0.39 is 35.1 Å². The molecule has 14 heteroatoms. The van der Waals surface area contributed by atoms with Crippen LogP contribution in [0.2, 0.25) is 5.02 Å². The van der Waals surface area contributed by atoms with Crippen molar-refractivity contribution in [1.29, 1.82) is 5.26 Å². The average molecular weight is 669 g/mol. The van der Waals surface area contributed by atoms with E-state index in [4.69, 9.17) is 21.1 Å². The maximum atomic E-state index is 14.8. The minimum Gasteiger partial charge on any atom is -0.444 e. The van der Waals surface area contributed by atoms with E-state index in [1.165, 1.54) is 18.3 Å². The summed E-state index contributed by atoms with van der Waals surface area (Å²) >= 11 is 5.95. The molecule has 1 saturated carbocycles. The maximum Gasteiger partial charge on any atom is 0.451 e. The summed E-state index contributed by atoms with van der Waals surface area (Å²) in [5.41, 5.74) is 2.14. The number of likely N-dealkylation sites (tertiary alicyclic amines) is 1. The first-order valence-corrected chi connectivity index (χ1v) is 15.5. The second-order valence-electron chi connectivity index (χ2n) is 12.6. The predicted octanol–water partition coefficient (Wildman–Crippen LogP) is 6.52. The van der Waals surface area contributed by atoms with E-state index in [1.54, 1.807) is 25.1 Å². The van der Waals surface area contributed by atoms with E-state index in [1.807, 2.05) is 17.2 Å². The molecular weight excluding hydrogens is 640 g/mol. The number of aliphatic hydroxyl groups is 1. The number of benzene rings is 2. The molecule has 2 N–H and O–H groups in total. The third kappa shape index (κ3) is 6.01. The molecule has 0 radical (unpaired) electrons. The minimum absolute atomic E-state index is 0.132. The zero-order valence-corrected chi connectivity index (χ0v) is 25.9. The lowest BCUT2D eigenvalue weighted by Gasteiger charge is -2.36. The number of para-hydroxylation sites is 1. The molecule has 47 heavy (non-hydrogen) atoms. The van der Waals surface area contributed by atoms with Crippen LogP contribution in [0.1, 0.15) is 60.3 Å². The summed E-state index contributed by atoms with van der Waals surface area (Å²) in [6, 6.07) is 13.8. The van der Waals surface area contributed by atoms with Gasteiger partial charge in [0.25, 0.3) is 5.79 Å². The molecule has 9 nitrogen and oxygen atoms in total. The number of hydrogen-bond acceptors (Lipinski definition) is 8. The number of nitrogens with zero attached hydrogens (tertiary/aromatic N) is 5. The van der Waals surface area contributed by atoms with Crippen LogP contribution in [-0.4, -0.2) is 49.4 Å². The molecule has 2 aliphatic heterocycles. The second-order valence-corrected chi connectivity index (χ2v) is 13.0. The van der Waals surface area contributed by atoms with Crippen molar-refractivity contribution < 1.29 is 32.1 Å². The van der Waals surface area contributed by atoms with Gasteiger partial charge in [-0.1, -0.05) is 23.7 Å². The topological polar surface area (TPSA) is 120 Å². The van der Waals surface area contributed by atoms with Crippen LogP contribution in [0, 0.1) is 22.6 Å². The van der Waals surface area contributed by atoms with Gasteiger partial charge in [-0.15, -0.1) is 0 Å². The molecule has 3 aliphatic rings. The molecule has 0 bridgehead atoms. The van der Waals surface area contributed by atoms with Gasteiger partial charge < -0.3 is 14.6 Å². The quantitative estimate of drug-likeness (QED) is 0.214. The van der Waals surface area contributed by atoms with Crippen molar-refractivity contribution in [3.63, 3.8) is 0 Å². The summed E-state index contributed by atoms with van der Waals surface area (Å²) in [6.45, 7) is 2.90. The lowest BCUT2D eigenvalue weighted by atomic mass is 9.86. The summed E-state index contributed by atoms with van der Waals surface area (Å²) in [5, 5.41) is 27.1. The normalized spacial score (nSPS) is 23.4. The number of ether oxygens (including phenoxy) is 2. The van der Waals surface area contributed by atoms with Crippen LogP contribution in [0.4, 0.5) is 17.6 Å². The Morgan fingerprint density at radius 3 is 2.68 bits per heavy atom. The number of rotatable bonds is 7. The highest BCUT2D eigenvalue weighted by Gasteiger charge is 2.45. The van der Waals surface area contributed by atoms with Gasteiger partial charge in [-0.25, -0.2) is 9.37 Å². The number of aromatic nitrogens is 4. The smallest absolute Gasteiger partial charge is 0.444 e. The van der Waals surface area contributed by atoms with E-state index in [-0.39, 0.29) is 22.3 Å². The minimum atomic E-state index is -4.67. The third-order valence-corrected chi connectivity index (χ3v) is 9.40. The van der Waals surface area contributed by atoms with Crippen molar-refractivity contribution in [3.8, 4) is 29.0 Å². The summed E-state index contributed by atoms with van der Waals surface area (Å²) in [4.78, 5) is 10.2. The molecule has 7 rings (SSSR count). The van der Waals surface area contributed by atoms with Crippen LogP contribution >= 0.6 is 11.6 Å². The zero-order valence-electron chi connectivity index (χ0n) is 25.1. The van der Waals surface area contributed by atoms with Gasteiger partial charge in [-0.2, -0.15) is 23.5 Å². The van der Waals surface area contributed by atoms with Crippen molar-refractivity contribution in [2.75, 3.05) is 13.1 Å². The highest BCUT2D eigenvalue weighted by Crippen LogP contribution is 2.50. The number of aromatic amines is 1. The monoisotopic (exact) mass is 668 g/mol. The second kappa shape index (κ2) is 11.5. The number of aliphatic hydroxyl groups excluding tert-OH is 1. The number of hydrogen-bond donors (Lipinski definition) is 2. The number of H-pyrrole nitrogens is 1. The van der Waals surface area contributed by atoms with Gasteiger partial charge in [0.1, 0.15) is 5.82 Å². The zero-order chi connectivity index (χ0) is 33.1. The number of β-amino-alcohol motifs (C(OH)–C–C–N with tert-alkyl or cyclic N) is 1. The first-order chi connectivity index (χ1) is 22.4. The third-order valence-electron chi connectivity index (χ3n) is 9.16. The number of pyridine rings is 1. The Morgan fingerprint density at radius 1 is 1.19 bits per heavy atom.